The minimum Gasteiger partial charge on any atom is -0.465 e. The van der Waals surface area contributed by atoms with Crippen molar-refractivity contribution in [2.75, 3.05) is 13.2 Å². The zero-order valence-corrected chi connectivity index (χ0v) is 16.6. The maximum absolute atomic E-state index is 12.3. The average molecular weight is 374 g/mol. The second-order valence-electron chi connectivity index (χ2n) is 7.51. The number of rotatable bonds is 7. The Bertz CT molecular complexity index is 488. The summed E-state index contributed by atoms with van der Waals surface area (Å²) in [6.07, 6.45) is -1.28. The van der Waals surface area contributed by atoms with E-state index in [-0.39, 0.29) is 13.2 Å². The monoisotopic (exact) mass is 374 g/mol. The first-order chi connectivity index (χ1) is 11.7. The van der Waals surface area contributed by atoms with Crippen LogP contribution in [0.2, 0.25) is 0 Å². The van der Waals surface area contributed by atoms with Crippen LogP contribution in [0.1, 0.15) is 54.9 Å². The predicted octanol–water partition coefficient (Wildman–Crippen LogP) is 1.29. The van der Waals surface area contributed by atoms with Gasteiger partial charge in [0.2, 0.25) is 5.91 Å². The molecule has 0 rings (SSSR count). The molecule has 0 aromatic carbocycles. The molecule has 150 valence electrons. The molecule has 0 bridgehead atoms. The van der Waals surface area contributed by atoms with E-state index < -0.39 is 47.6 Å². The molecule has 0 aromatic rings. The quantitative estimate of drug-likeness (QED) is 0.509. The zero-order chi connectivity index (χ0) is 20.5. The Balaban J connectivity index is 4.97. The maximum Gasteiger partial charge on any atom is 0.408 e. The third-order valence-corrected chi connectivity index (χ3v) is 2.51. The highest BCUT2D eigenvalue weighted by atomic mass is 16.6. The summed E-state index contributed by atoms with van der Waals surface area (Å²) < 4.78 is 15.0. The van der Waals surface area contributed by atoms with Crippen molar-refractivity contribution in [2.24, 2.45) is 0 Å². The molecule has 26 heavy (non-hydrogen) atoms. The summed E-state index contributed by atoms with van der Waals surface area (Å²) in [4.78, 5) is 47.5. The molecule has 0 saturated carbocycles. The number of ether oxygens (including phenoxy) is 3. The molecule has 9 nitrogen and oxygen atoms in total. The van der Waals surface area contributed by atoms with E-state index in [4.69, 9.17) is 14.2 Å². The number of esters is 2. The lowest BCUT2D eigenvalue weighted by atomic mass is 10.1. The summed E-state index contributed by atoms with van der Waals surface area (Å²) >= 11 is 0. The molecular weight excluding hydrogens is 344 g/mol. The van der Waals surface area contributed by atoms with E-state index in [1.807, 2.05) is 0 Å². The summed E-state index contributed by atoms with van der Waals surface area (Å²) in [5, 5.41) is 4.63. The van der Waals surface area contributed by atoms with E-state index in [0.717, 1.165) is 0 Å². The van der Waals surface area contributed by atoms with Gasteiger partial charge in [-0.3, -0.25) is 14.4 Å². The summed E-state index contributed by atoms with van der Waals surface area (Å²) in [5.41, 5.74) is -1.52. The van der Waals surface area contributed by atoms with Gasteiger partial charge >= 0.3 is 18.0 Å². The Morgan fingerprint density at radius 2 is 1.42 bits per heavy atom. The van der Waals surface area contributed by atoms with Crippen molar-refractivity contribution in [1.29, 1.82) is 0 Å². The molecule has 0 fully saturated rings. The second-order valence-corrected chi connectivity index (χ2v) is 7.51. The van der Waals surface area contributed by atoms with Crippen molar-refractivity contribution in [3.63, 3.8) is 0 Å². The summed E-state index contributed by atoms with van der Waals surface area (Å²) in [6, 6.07) is -1.26. The van der Waals surface area contributed by atoms with Crippen molar-refractivity contribution >= 4 is 23.9 Å². The van der Waals surface area contributed by atoms with Crippen LogP contribution in [-0.4, -0.2) is 54.3 Å². The van der Waals surface area contributed by atoms with Crippen molar-refractivity contribution < 1.29 is 33.4 Å². The Hall–Kier alpha value is -2.32. The van der Waals surface area contributed by atoms with E-state index in [9.17, 15) is 19.2 Å². The van der Waals surface area contributed by atoms with E-state index in [1.54, 1.807) is 48.5 Å². The molecule has 0 aliphatic carbocycles. The smallest absolute Gasteiger partial charge is 0.408 e. The molecule has 9 heteroatoms. The molecule has 1 atom stereocenters. The van der Waals surface area contributed by atoms with Crippen LogP contribution in [0.25, 0.3) is 0 Å². The van der Waals surface area contributed by atoms with Gasteiger partial charge in [-0.05, 0) is 48.5 Å². The van der Waals surface area contributed by atoms with Gasteiger partial charge in [-0.25, -0.2) is 4.79 Å². The van der Waals surface area contributed by atoms with Crippen LogP contribution in [0.3, 0.4) is 0 Å². The second kappa shape index (κ2) is 9.98. The molecule has 0 aromatic heterocycles. The molecular formula is C17H30N2O7. The molecule has 2 N–H and O–H groups in total. The van der Waals surface area contributed by atoms with Gasteiger partial charge in [0.1, 0.15) is 23.8 Å². The van der Waals surface area contributed by atoms with Gasteiger partial charge in [-0.2, -0.15) is 0 Å². The van der Waals surface area contributed by atoms with Crippen LogP contribution < -0.4 is 10.6 Å². The minimum atomic E-state index is -1.26. The molecule has 0 radical (unpaired) electrons. The lowest BCUT2D eigenvalue weighted by molar-refractivity contribution is -0.156. The highest BCUT2D eigenvalue weighted by Gasteiger charge is 2.29. The third-order valence-electron chi connectivity index (χ3n) is 2.51. The fourth-order valence-electron chi connectivity index (χ4n) is 1.70. The van der Waals surface area contributed by atoms with Crippen LogP contribution in [0.4, 0.5) is 4.79 Å². The Kier molecular flexibility index (Phi) is 9.09. The van der Waals surface area contributed by atoms with Crippen LogP contribution in [0.5, 0.6) is 0 Å². The largest absolute Gasteiger partial charge is 0.465 e. The van der Waals surface area contributed by atoms with Crippen LogP contribution in [-0.2, 0) is 28.6 Å². The van der Waals surface area contributed by atoms with Crippen LogP contribution in [0, 0.1) is 0 Å². The molecule has 0 unspecified atom stereocenters. The van der Waals surface area contributed by atoms with Gasteiger partial charge < -0.3 is 24.8 Å². The van der Waals surface area contributed by atoms with Gasteiger partial charge in [-0.15, -0.1) is 0 Å². The maximum atomic E-state index is 12.3. The number of amides is 2. The Morgan fingerprint density at radius 3 is 1.88 bits per heavy atom. The van der Waals surface area contributed by atoms with Gasteiger partial charge in [-0.1, -0.05) is 0 Å². The lowest BCUT2D eigenvalue weighted by Gasteiger charge is -2.24. The first kappa shape index (κ1) is 23.7. The highest BCUT2D eigenvalue weighted by Crippen LogP contribution is 2.11. The highest BCUT2D eigenvalue weighted by molar-refractivity contribution is 5.91. The van der Waals surface area contributed by atoms with Crippen molar-refractivity contribution in [3.05, 3.63) is 0 Å². The number of alkyl carbamates (subject to hydrolysis) is 1. The number of carbonyl (C=O) groups excluding carboxylic acids is 4. The van der Waals surface area contributed by atoms with Crippen LogP contribution >= 0.6 is 0 Å². The number of nitrogens with one attached hydrogen (secondary N) is 2. The molecule has 0 saturated heterocycles. The summed E-state index contributed by atoms with van der Waals surface area (Å²) in [7, 11) is 0. The van der Waals surface area contributed by atoms with E-state index in [2.05, 4.69) is 10.6 Å². The van der Waals surface area contributed by atoms with Crippen molar-refractivity contribution in [3.8, 4) is 0 Å². The first-order valence-corrected chi connectivity index (χ1v) is 8.38. The first-order valence-electron chi connectivity index (χ1n) is 8.38. The van der Waals surface area contributed by atoms with Gasteiger partial charge in [0, 0.05) is 0 Å². The molecule has 0 aliphatic heterocycles. The van der Waals surface area contributed by atoms with E-state index in [1.165, 1.54) is 0 Å². The van der Waals surface area contributed by atoms with Gasteiger partial charge in [0.25, 0.3) is 0 Å². The van der Waals surface area contributed by atoms with E-state index >= 15 is 0 Å². The Labute approximate surface area is 154 Å². The molecule has 2 amide bonds. The Morgan fingerprint density at radius 1 is 0.885 bits per heavy atom. The average Bonchev–Trinajstić information content (AvgIpc) is 2.40. The van der Waals surface area contributed by atoms with Gasteiger partial charge in [0.15, 0.2) is 0 Å². The topological polar surface area (TPSA) is 120 Å². The number of carbonyl (C=O) groups is 4. The standard InChI is InChI=1S/C17H30N2O7/c1-8-24-13(21)10-18-14(22)11(9-12(20)25-16(2,3)4)19-15(23)26-17(5,6)7/h11H,8-10H2,1-7H3,(H,18,22)(H,19,23)/t11-/m0/s1. The molecule has 0 heterocycles. The van der Waals surface area contributed by atoms with Crippen LogP contribution in [0.15, 0.2) is 0 Å². The van der Waals surface area contributed by atoms with Gasteiger partial charge in [0.05, 0.1) is 13.0 Å². The third kappa shape index (κ3) is 12.1. The normalized spacial score (nSPS) is 12.6. The zero-order valence-electron chi connectivity index (χ0n) is 16.6. The lowest BCUT2D eigenvalue weighted by Crippen LogP contribution is -2.50. The molecule has 0 spiro atoms. The molecule has 0 aliphatic rings. The number of hydrogen-bond donors (Lipinski definition) is 2. The minimum absolute atomic E-state index is 0.173. The predicted molar refractivity (Wildman–Crippen MR) is 93.3 cm³/mol. The fourth-order valence-corrected chi connectivity index (χ4v) is 1.70. The van der Waals surface area contributed by atoms with Crippen molar-refractivity contribution in [2.45, 2.75) is 72.1 Å². The fraction of sp³-hybridized carbons (Fsp3) is 0.765. The summed E-state index contributed by atoms with van der Waals surface area (Å²) in [5.74, 6) is -2.03. The SMILES string of the molecule is CCOC(=O)CNC(=O)[C@H](CC(=O)OC(C)(C)C)NC(=O)OC(C)(C)C. The van der Waals surface area contributed by atoms with Crippen molar-refractivity contribution in [1.82, 2.24) is 10.6 Å². The summed E-state index contributed by atoms with van der Waals surface area (Å²) in [6.45, 7) is 11.5. The van der Waals surface area contributed by atoms with E-state index in [0.29, 0.717) is 0 Å². The number of hydrogen-bond acceptors (Lipinski definition) is 7.